The zero-order chi connectivity index (χ0) is 9.38. The van der Waals surface area contributed by atoms with Gasteiger partial charge in [-0.1, -0.05) is 24.3 Å². The molecule has 2 nitrogen and oxygen atoms in total. The van der Waals surface area contributed by atoms with Crippen LogP contribution in [0.3, 0.4) is 0 Å². The lowest BCUT2D eigenvalue weighted by Gasteiger charge is -2.27. The molecule has 70 valence electrons. The summed E-state index contributed by atoms with van der Waals surface area (Å²) in [6.45, 7) is 1.12. The number of nitrogens with one attached hydrogen (secondary N) is 1. The average Bonchev–Trinajstić information content (AvgIpc) is 2.16. The number of rotatable bonds is 1. The van der Waals surface area contributed by atoms with Gasteiger partial charge in [0, 0.05) is 11.6 Å². The minimum Gasteiger partial charge on any atom is -0.308 e. The predicted molar refractivity (Wildman–Crippen MR) is 57.1 cm³/mol. The van der Waals surface area contributed by atoms with E-state index in [1.807, 2.05) is 6.20 Å². The molecule has 1 aliphatic rings. The van der Waals surface area contributed by atoms with Gasteiger partial charge in [0.05, 0.1) is 11.7 Å². The molecule has 1 fully saturated rings. The van der Waals surface area contributed by atoms with E-state index in [0.717, 1.165) is 6.54 Å². The highest BCUT2D eigenvalue weighted by Crippen LogP contribution is 2.27. The second-order valence-electron chi connectivity index (χ2n) is 3.71. The van der Waals surface area contributed by atoms with Crippen molar-refractivity contribution in [2.75, 3.05) is 6.54 Å². The number of nitrogens with zero attached hydrogens (tertiary/aromatic N) is 1. The second kappa shape index (κ2) is 3.07. The SMILES string of the molecule is c1ccc2c([C@@H]3CCN3)nccc2c1. The van der Waals surface area contributed by atoms with Crippen LogP contribution < -0.4 is 5.32 Å². The van der Waals surface area contributed by atoms with Gasteiger partial charge in [-0.25, -0.2) is 0 Å². The van der Waals surface area contributed by atoms with E-state index in [-0.39, 0.29) is 0 Å². The Morgan fingerprint density at radius 3 is 2.86 bits per heavy atom. The molecule has 0 unspecified atom stereocenters. The van der Waals surface area contributed by atoms with Crippen LogP contribution in [0, 0.1) is 0 Å². The molecule has 1 aromatic heterocycles. The summed E-state index contributed by atoms with van der Waals surface area (Å²) < 4.78 is 0. The van der Waals surface area contributed by atoms with Gasteiger partial charge in [-0.2, -0.15) is 0 Å². The van der Waals surface area contributed by atoms with Crippen molar-refractivity contribution in [2.45, 2.75) is 12.5 Å². The molecule has 2 heteroatoms. The maximum absolute atomic E-state index is 4.47. The highest BCUT2D eigenvalue weighted by atomic mass is 15.0. The Morgan fingerprint density at radius 1 is 1.21 bits per heavy atom. The van der Waals surface area contributed by atoms with E-state index >= 15 is 0 Å². The molecule has 1 N–H and O–H groups in total. The molecule has 0 amide bonds. The number of pyridine rings is 1. The molecule has 1 aliphatic heterocycles. The van der Waals surface area contributed by atoms with Gasteiger partial charge in [-0.05, 0) is 24.4 Å². The van der Waals surface area contributed by atoms with Crippen LogP contribution in [-0.2, 0) is 0 Å². The molecule has 1 atom stereocenters. The fourth-order valence-electron chi connectivity index (χ4n) is 1.94. The summed E-state index contributed by atoms with van der Waals surface area (Å²) in [7, 11) is 0. The molecule has 0 spiro atoms. The van der Waals surface area contributed by atoms with Gasteiger partial charge in [0.15, 0.2) is 0 Å². The molecular formula is C12H12N2. The normalized spacial score (nSPS) is 20.7. The molecule has 2 aromatic rings. The van der Waals surface area contributed by atoms with Crippen molar-refractivity contribution in [3.8, 4) is 0 Å². The minimum atomic E-state index is 0.473. The fraction of sp³-hybridized carbons (Fsp3) is 0.250. The van der Waals surface area contributed by atoms with Gasteiger partial charge in [0.1, 0.15) is 0 Å². The first-order valence-corrected chi connectivity index (χ1v) is 5.02. The summed E-state index contributed by atoms with van der Waals surface area (Å²) in [5.41, 5.74) is 1.20. The summed E-state index contributed by atoms with van der Waals surface area (Å²) in [4.78, 5) is 4.47. The van der Waals surface area contributed by atoms with Gasteiger partial charge < -0.3 is 5.32 Å². The van der Waals surface area contributed by atoms with Crippen LogP contribution in [0.5, 0.6) is 0 Å². The van der Waals surface area contributed by atoms with Crippen molar-refractivity contribution in [1.82, 2.24) is 10.3 Å². The lowest BCUT2D eigenvalue weighted by Crippen LogP contribution is -2.35. The van der Waals surface area contributed by atoms with Crippen LogP contribution in [0.2, 0.25) is 0 Å². The van der Waals surface area contributed by atoms with Gasteiger partial charge in [0.2, 0.25) is 0 Å². The Balaban J connectivity index is 2.22. The lowest BCUT2D eigenvalue weighted by atomic mass is 9.98. The van der Waals surface area contributed by atoms with Crippen LogP contribution in [0.25, 0.3) is 10.8 Å². The smallest absolute Gasteiger partial charge is 0.0651 e. The molecule has 3 rings (SSSR count). The van der Waals surface area contributed by atoms with Crippen LogP contribution in [0.1, 0.15) is 18.2 Å². The van der Waals surface area contributed by atoms with Gasteiger partial charge in [-0.3, -0.25) is 4.98 Å². The summed E-state index contributed by atoms with van der Waals surface area (Å²) >= 11 is 0. The Hall–Kier alpha value is -1.41. The van der Waals surface area contributed by atoms with E-state index in [1.54, 1.807) is 0 Å². The fourth-order valence-corrected chi connectivity index (χ4v) is 1.94. The topological polar surface area (TPSA) is 24.9 Å². The van der Waals surface area contributed by atoms with E-state index in [1.165, 1.54) is 22.9 Å². The zero-order valence-electron chi connectivity index (χ0n) is 7.90. The summed E-state index contributed by atoms with van der Waals surface area (Å²) in [5, 5.41) is 5.96. The Labute approximate surface area is 83.0 Å². The maximum atomic E-state index is 4.47. The number of fused-ring (bicyclic) bond motifs is 1. The monoisotopic (exact) mass is 184 g/mol. The minimum absolute atomic E-state index is 0.473. The second-order valence-corrected chi connectivity index (χ2v) is 3.71. The molecule has 0 aliphatic carbocycles. The summed E-state index contributed by atoms with van der Waals surface area (Å²) in [6, 6.07) is 11.0. The number of benzene rings is 1. The third-order valence-corrected chi connectivity index (χ3v) is 2.86. The Kier molecular flexibility index (Phi) is 1.74. The van der Waals surface area contributed by atoms with Crippen LogP contribution in [0.4, 0.5) is 0 Å². The molecular weight excluding hydrogens is 172 g/mol. The number of aromatic nitrogens is 1. The quantitative estimate of drug-likeness (QED) is 0.735. The highest BCUT2D eigenvalue weighted by molar-refractivity contribution is 5.84. The Morgan fingerprint density at radius 2 is 2.07 bits per heavy atom. The molecule has 1 aromatic carbocycles. The summed E-state index contributed by atoms with van der Waals surface area (Å²) in [6.07, 6.45) is 3.11. The largest absolute Gasteiger partial charge is 0.308 e. The van der Waals surface area contributed by atoms with Gasteiger partial charge >= 0.3 is 0 Å². The van der Waals surface area contributed by atoms with Crippen molar-refractivity contribution in [1.29, 1.82) is 0 Å². The zero-order valence-corrected chi connectivity index (χ0v) is 7.90. The van der Waals surface area contributed by atoms with E-state index in [0.29, 0.717) is 6.04 Å². The average molecular weight is 184 g/mol. The first kappa shape index (κ1) is 7.94. The number of hydrogen-bond donors (Lipinski definition) is 1. The number of hydrogen-bond acceptors (Lipinski definition) is 2. The van der Waals surface area contributed by atoms with Crippen molar-refractivity contribution < 1.29 is 0 Å². The first-order chi connectivity index (χ1) is 6.95. The van der Waals surface area contributed by atoms with Crippen LogP contribution in [-0.4, -0.2) is 11.5 Å². The van der Waals surface area contributed by atoms with E-state index in [4.69, 9.17) is 0 Å². The van der Waals surface area contributed by atoms with Crippen molar-refractivity contribution in [3.05, 3.63) is 42.2 Å². The molecule has 1 saturated heterocycles. The summed E-state index contributed by atoms with van der Waals surface area (Å²) in [5.74, 6) is 0. The molecule has 0 radical (unpaired) electrons. The van der Waals surface area contributed by atoms with Crippen molar-refractivity contribution in [2.24, 2.45) is 0 Å². The van der Waals surface area contributed by atoms with Gasteiger partial charge in [0.25, 0.3) is 0 Å². The Bertz CT molecular complexity index is 455. The van der Waals surface area contributed by atoms with E-state index < -0.39 is 0 Å². The molecule has 0 bridgehead atoms. The van der Waals surface area contributed by atoms with Crippen molar-refractivity contribution in [3.63, 3.8) is 0 Å². The van der Waals surface area contributed by atoms with E-state index in [2.05, 4.69) is 40.6 Å². The molecule has 0 saturated carbocycles. The van der Waals surface area contributed by atoms with Crippen LogP contribution in [0.15, 0.2) is 36.5 Å². The maximum Gasteiger partial charge on any atom is 0.0651 e. The third kappa shape index (κ3) is 1.11. The lowest BCUT2D eigenvalue weighted by molar-refractivity contribution is 0.378. The van der Waals surface area contributed by atoms with Crippen molar-refractivity contribution >= 4 is 10.8 Å². The highest BCUT2D eigenvalue weighted by Gasteiger charge is 2.21. The van der Waals surface area contributed by atoms with Gasteiger partial charge in [-0.15, -0.1) is 0 Å². The first-order valence-electron chi connectivity index (χ1n) is 5.02. The molecule has 14 heavy (non-hydrogen) atoms. The van der Waals surface area contributed by atoms with Crippen LogP contribution >= 0.6 is 0 Å². The standard InChI is InChI=1S/C12H12N2/c1-2-4-10-9(3-1)5-7-14-12(10)11-6-8-13-11/h1-5,7,11,13H,6,8H2/t11-/m0/s1. The third-order valence-electron chi connectivity index (χ3n) is 2.86. The molecule has 2 heterocycles. The van der Waals surface area contributed by atoms with E-state index in [9.17, 15) is 0 Å². The predicted octanol–water partition coefficient (Wildman–Crippen LogP) is 2.27.